The van der Waals surface area contributed by atoms with Crippen LogP contribution in [0.2, 0.25) is 0 Å². The summed E-state index contributed by atoms with van der Waals surface area (Å²) >= 11 is 1.63. The van der Waals surface area contributed by atoms with Gasteiger partial charge in [0, 0.05) is 49.5 Å². The number of nitrogens with zero attached hydrogens (tertiary/aromatic N) is 4. The molecule has 0 radical (unpaired) electrons. The zero-order valence-corrected chi connectivity index (χ0v) is 19.0. The lowest BCUT2D eigenvalue weighted by atomic mass is 9.92. The standard InChI is InChI=1S/C23H31N5O2S/c1-3-22(29)28-6-4-5-18(16-28)11-20-12-19(15-27-7-9-30-10-8-27)13-21(25-20)26-23-24-14-17(2)31-23/h3,12-14,18H,1,4-11,15-16H2,2H3,(H,24,25,26). The van der Waals surface area contributed by atoms with E-state index in [-0.39, 0.29) is 5.91 Å². The summed E-state index contributed by atoms with van der Waals surface area (Å²) in [6.45, 7) is 11.6. The van der Waals surface area contributed by atoms with Crippen molar-refractivity contribution in [2.24, 2.45) is 5.92 Å². The van der Waals surface area contributed by atoms with Crippen molar-refractivity contribution in [3.63, 3.8) is 0 Å². The van der Waals surface area contributed by atoms with Crippen LogP contribution in [0, 0.1) is 12.8 Å². The van der Waals surface area contributed by atoms with Crippen molar-refractivity contribution < 1.29 is 9.53 Å². The fourth-order valence-electron chi connectivity index (χ4n) is 4.31. The summed E-state index contributed by atoms with van der Waals surface area (Å²) in [6, 6.07) is 4.35. The summed E-state index contributed by atoms with van der Waals surface area (Å²) in [5.74, 6) is 1.28. The number of anilines is 2. The third-order valence-electron chi connectivity index (χ3n) is 5.81. The molecule has 0 bridgehead atoms. The van der Waals surface area contributed by atoms with E-state index in [2.05, 4.69) is 40.8 Å². The van der Waals surface area contributed by atoms with Gasteiger partial charge in [-0.05, 0) is 55.9 Å². The number of piperidine rings is 1. The van der Waals surface area contributed by atoms with Gasteiger partial charge >= 0.3 is 0 Å². The van der Waals surface area contributed by atoms with Gasteiger partial charge in [-0.15, -0.1) is 11.3 Å². The van der Waals surface area contributed by atoms with Crippen molar-refractivity contribution in [2.45, 2.75) is 32.7 Å². The highest BCUT2D eigenvalue weighted by Gasteiger charge is 2.23. The molecule has 1 unspecified atom stereocenters. The van der Waals surface area contributed by atoms with Gasteiger partial charge in [0.2, 0.25) is 5.91 Å². The number of aromatic nitrogens is 2. The molecule has 4 rings (SSSR count). The highest BCUT2D eigenvalue weighted by Crippen LogP contribution is 2.25. The van der Waals surface area contributed by atoms with Crippen LogP contribution in [0.4, 0.5) is 10.9 Å². The number of ether oxygens (including phenoxy) is 1. The van der Waals surface area contributed by atoms with Gasteiger partial charge in [0.05, 0.1) is 13.2 Å². The third-order valence-corrected chi connectivity index (χ3v) is 6.64. The number of likely N-dealkylation sites (tertiary alicyclic amines) is 1. The van der Waals surface area contributed by atoms with Crippen molar-refractivity contribution in [3.8, 4) is 0 Å². The van der Waals surface area contributed by atoms with Crippen LogP contribution in [0.1, 0.15) is 29.0 Å². The molecule has 2 saturated heterocycles. The Morgan fingerprint density at radius 3 is 2.94 bits per heavy atom. The van der Waals surface area contributed by atoms with Crippen molar-refractivity contribution in [3.05, 3.63) is 47.1 Å². The Morgan fingerprint density at radius 2 is 2.19 bits per heavy atom. The maximum atomic E-state index is 12.1. The molecule has 0 aliphatic carbocycles. The maximum absolute atomic E-state index is 12.1. The molecule has 0 saturated carbocycles. The number of thiazole rings is 1. The van der Waals surface area contributed by atoms with E-state index in [0.717, 1.165) is 81.8 Å². The number of rotatable bonds is 7. The second-order valence-corrected chi connectivity index (χ2v) is 9.58. The van der Waals surface area contributed by atoms with Crippen LogP contribution in [0.25, 0.3) is 0 Å². The SMILES string of the molecule is C=CC(=O)N1CCCC(Cc2cc(CN3CCOCC3)cc(Nc3ncc(C)s3)n2)C1. The maximum Gasteiger partial charge on any atom is 0.245 e. The quantitative estimate of drug-likeness (QED) is 0.664. The topological polar surface area (TPSA) is 70.6 Å². The van der Waals surface area contributed by atoms with Crippen LogP contribution in [-0.2, 0) is 22.5 Å². The van der Waals surface area contributed by atoms with Crippen molar-refractivity contribution >= 4 is 28.2 Å². The monoisotopic (exact) mass is 441 g/mol. The Kier molecular flexibility index (Phi) is 7.32. The van der Waals surface area contributed by atoms with E-state index >= 15 is 0 Å². The second-order valence-electron chi connectivity index (χ2n) is 8.34. The van der Waals surface area contributed by atoms with E-state index in [1.54, 1.807) is 11.3 Å². The fraction of sp³-hybridized carbons (Fsp3) is 0.522. The lowest BCUT2D eigenvalue weighted by molar-refractivity contribution is -0.127. The van der Waals surface area contributed by atoms with Gasteiger partial charge in [-0.2, -0.15) is 0 Å². The summed E-state index contributed by atoms with van der Waals surface area (Å²) in [4.78, 5) is 26.9. The fourth-order valence-corrected chi connectivity index (χ4v) is 4.98. The van der Waals surface area contributed by atoms with Crippen LogP contribution in [0.3, 0.4) is 0 Å². The Hall–Kier alpha value is -2.29. The molecule has 2 aromatic rings. The smallest absolute Gasteiger partial charge is 0.245 e. The molecule has 0 aromatic carbocycles. The molecule has 7 nitrogen and oxygen atoms in total. The van der Waals surface area contributed by atoms with Gasteiger partial charge in [-0.1, -0.05) is 6.58 Å². The number of pyridine rings is 1. The van der Waals surface area contributed by atoms with E-state index in [9.17, 15) is 4.79 Å². The summed E-state index contributed by atoms with van der Waals surface area (Å²) < 4.78 is 5.49. The number of amides is 1. The number of hydrogen-bond acceptors (Lipinski definition) is 7. The molecule has 1 amide bonds. The lowest BCUT2D eigenvalue weighted by Crippen LogP contribution is -2.39. The Labute approximate surface area is 188 Å². The lowest BCUT2D eigenvalue weighted by Gasteiger charge is -2.32. The van der Waals surface area contributed by atoms with Crippen molar-refractivity contribution in [1.82, 2.24) is 19.8 Å². The zero-order valence-electron chi connectivity index (χ0n) is 18.2. The highest BCUT2D eigenvalue weighted by atomic mass is 32.1. The van der Waals surface area contributed by atoms with Gasteiger partial charge in [-0.3, -0.25) is 9.69 Å². The van der Waals surface area contributed by atoms with Gasteiger partial charge < -0.3 is 15.0 Å². The molecule has 0 spiro atoms. The molecule has 2 aliphatic heterocycles. The Balaban J connectivity index is 1.51. The van der Waals surface area contributed by atoms with E-state index in [0.29, 0.717) is 5.92 Å². The predicted molar refractivity (Wildman–Crippen MR) is 124 cm³/mol. The highest BCUT2D eigenvalue weighted by molar-refractivity contribution is 7.15. The van der Waals surface area contributed by atoms with Crippen molar-refractivity contribution in [2.75, 3.05) is 44.7 Å². The first-order chi connectivity index (χ1) is 15.1. The van der Waals surface area contributed by atoms with E-state index < -0.39 is 0 Å². The number of hydrogen-bond donors (Lipinski definition) is 1. The molecule has 1 atom stereocenters. The van der Waals surface area contributed by atoms with E-state index in [1.807, 2.05) is 11.1 Å². The number of carbonyl (C=O) groups excluding carboxylic acids is 1. The van der Waals surface area contributed by atoms with Gasteiger partial charge in [0.1, 0.15) is 5.82 Å². The first-order valence-corrected chi connectivity index (χ1v) is 11.8. The van der Waals surface area contributed by atoms with Crippen LogP contribution >= 0.6 is 11.3 Å². The number of morpholine rings is 1. The summed E-state index contributed by atoms with van der Waals surface area (Å²) in [5.41, 5.74) is 2.32. The summed E-state index contributed by atoms with van der Waals surface area (Å²) in [5, 5.41) is 4.25. The number of nitrogens with one attached hydrogen (secondary N) is 1. The Morgan fingerprint density at radius 1 is 1.35 bits per heavy atom. The zero-order chi connectivity index (χ0) is 21.6. The van der Waals surface area contributed by atoms with Crippen LogP contribution in [-0.4, -0.2) is 65.1 Å². The molecule has 31 heavy (non-hydrogen) atoms. The number of carbonyl (C=O) groups is 1. The second kappa shape index (κ2) is 10.3. The molecule has 2 fully saturated rings. The molecule has 8 heteroatoms. The van der Waals surface area contributed by atoms with E-state index in [4.69, 9.17) is 9.72 Å². The molecule has 2 aliphatic rings. The first-order valence-electron chi connectivity index (χ1n) is 11.0. The molecule has 1 N–H and O–H groups in total. The molecular formula is C23H31N5O2S. The van der Waals surface area contributed by atoms with Crippen LogP contribution < -0.4 is 5.32 Å². The average molecular weight is 442 g/mol. The van der Waals surface area contributed by atoms with Crippen LogP contribution in [0.5, 0.6) is 0 Å². The largest absolute Gasteiger partial charge is 0.379 e. The predicted octanol–water partition coefficient (Wildman–Crippen LogP) is 3.39. The van der Waals surface area contributed by atoms with Crippen LogP contribution in [0.15, 0.2) is 31.0 Å². The van der Waals surface area contributed by atoms with E-state index in [1.165, 1.54) is 16.5 Å². The normalized spacial score (nSPS) is 19.9. The molecule has 4 heterocycles. The molecule has 166 valence electrons. The first kappa shape index (κ1) is 21.9. The molecule has 2 aromatic heterocycles. The summed E-state index contributed by atoms with van der Waals surface area (Å²) in [6.07, 6.45) is 6.30. The minimum Gasteiger partial charge on any atom is -0.379 e. The van der Waals surface area contributed by atoms with Gasteiger partial charge in [-0.25, -0.2) is 9.97 Å². The van der Waals surface area contributed by atoms with Gasteiger partial charge in [0.15, 0.2) is 5.13 Å². The molecular weight excluding hydrogens is 410 g/mol. The minimum absolute atomic E-state index is 0.0280. The summed E-state index contributed by atoms with van der Waals surface area (Å²) in [7, 11) is 0. The number of aryl methyl sites for hydroxylation is 1. The third kappa shape index (κ3) is 6.12. The Bertz CT molecular complexity index is 909. The minimum atomic E-state index is 0.0280. The van der Waals surface area contributed by atoms with Gasteiger partial charge in [0.25, 0.3) is 0 Å². The van der Waals surface area contributed by atoms with Crippen molar-refractivity contribution in [1.29, 1.82) is 0 Å². The average Bonchev–Trinajstić information content (AvgIpc) is 3.18.